The molecule has 1 aliphatic rings. The molecule has 17 heavy (non-hydrogen) atoms. The maximum atomic E-state index is 12.2. The third kappa shape index (κ3) is 3.15. The molecule has 0 N–H and O–H groups in total. The highest BCUT2D eigenvalue weighted by atomic mass is 32.2. The normalized spacial score (nSPS) is 18.1. The van der Waals surface area contributed by atoms with Gasteiger partial charge in [-0.15, -0.1) is 0 Å². The Balaban J connectivity index is 2.31. The van der Waals surface area contributed by atoms with Crippen molar-refractivity contribution in [2.45, 2.75) is 29.2 Å². The number of rotatable bonds is 2. The first-order chi connectivity index (χ1) is 7.98. The van der Waals surface area contributed by atoms with Crippen LogP contribution in [0.5, 0.6) is 0 Å². The van der Waals surface area contributed by atoms with Gasteiger partial charge in [-0.2, -0.15) is 17.5 Å². The Labute approximate surface area is 98.9 Å². The first-order valence-electron chi connectivity index (χ1n) is 5.09. The zero-order chi connectivity index (χ0) is 12.5. The molecule has 1 amide bonds. The average Bonchev–Trinajstić information content (AvgIpc) is 3.09. The van der Waals surface area contributed by atoms with E-state index in [1.807, 2.05) is 0 Å². The molecule has 92 valence electrons. The zero-order valence-electron chi connectivity index (χ0n) is 8.78. The van der Waals surface area contributed by atoms with Gasteiger partial charge in [0.05, 0.1) is 0 Å². The van der Waals surface area contributed by atoms with Crippen LogP contribution in [0.1, 0.15) is 12.8 Å². The largest absolute Gasteiger partial charge is 0.474 e. The van der Waals surface area contributed by atoms with Gasteiger partial charge in [-0.1, -0.05) is 28.9 Å². The van der Waals surface area contributed by atoms with Crippen molar-refractivity contribution >= 4 is 16.6 Å². The van der Waals surface area contributed by atoms with Crippen LogP contribution >= 0.6 is 0 Å². The second-order valence-corrected chi connectivity index (χ2v) is 5.67. The molecule has 2 nitrogen and oxygen atoms in total. The standard InChI is InChI=1S/C11H10F3NOS/c12-11(13,14)10(16)15-17(9-6-7-9)8-4-2-1-3-5-8/h1-5,9H,6-7H2. The van der Waals surface area contributed by atoms with Gasteiger partial charge in [0.15, 0.2) is 0 Å². The number of hydrogen-bond acceptors (Lipinski definition) is 1. The lowest BCUT2D eigenvalue weighted by Crippen LogP contribution is -2.21. The molecule has 1 fully saturated rings. The molecule has 1 aliphatic carbocycles. The first kappa shape index (κ1) is 12.3. The van der Waals surface area contributed by atoms with Crippen LogP contribution in [-0.4, -0.2) is 17.3 Å². The van der Waals surface area contributed by atoms with Crippen molar-refractivity contribution in [3.63, 3.8) is 0 Å². The third-order valence-corrected chi connectivity index (χ3v) is 4.47. The van der Waals surface area contributed by atoms with Crippen molar-refractivity contribution in [2.75, 3.05) is 0 Å². The quantitative estimate of drug-likeness (QED) is 0.804. The molecular formula is C11H10F3NOS. The van der Waals surface area contributed by atoms with Gasteiger partial charge in [0.2, 0.25) is 0 Å². The van der Waals surface area contributed by atoms with Crippen molar-refractivity contribution in [1.82, 2.24) is 0 Å². The van der Waals surface area contributed by atoms with E-state index in [0.717, 1.165) is 12.8 Å². The number of hydrogen-bond donors (Lipinski definition) is 0. The Hall–Kier alpha value is -1.17. The summed E-state index contributed by atoms with van der Waals surface area (Å²) >= 11 is 0. The monoisotopic (exact) mass is 261 g/mol. The van der Waals surface area contributed by atoms with Gasteiger partial charge in [-0.25, -0.2) is 0 Å². The first-order valence-corrected chi connectivity index (χ1v) is 6.34. The number of nitrogens with zero attached hydrogens (tertiary/aromatic N) is 1. The number of benzene rings is 1. The summed E-state index contributed by atoms with van der Waals surface area (Å²) in [7, 11) is -0.950. The van der Waals surface area contributed by atoms with Crippen LogP contribution in [0.25, 0.3) is 0 Å². The maximum Gasteiger partial charge on any atom is 0.474 e. The van der Waals surface area contributed by atoms with Crippen LogP contribution in [-0.2, 0) is 15.5 Å². The van der Waals surface area contributed by atoms with Crippen LogP contribution < -0.4 is 0 Å². The van der Waals surface area contributed by atoms with Crippen LogP contribution in [0, 0.1) is 0 Å². The highest BCUT2D eigenvalue weighted by Crippen LogP contribution is 2.33. The maximum absolute atomic E-state index is 12.2. The predicted octanol–water partition coefficient (Wildman–Crippen LogP) is 3.10. The van der Waals surface area contributed by atoms with Gasteiger partial charge in [0.25, 0.3) is 0 Å². The lowest BCUT2D eigenvalue weighted by molar-refractivity contribution is -0.169. The molecular weight excluding hydrogens is 251 g/mol. The minimum Gasteiger partial charge on any atom is -0.261 e. The SMILES string of the molecule is O=C(N=S(c1ccccc1)C1CC1)C(F)(F)F. The topological polar surface area (TPSA) is 29.4 Å². The van der Waals surface area contributed by atoms with E-state index < -0.39 is 22.8 Å². The highest BCUT2D eigenvalue weighted by Gasteiger charge is 2.40. The molecule has 0 bridgehead atoms. The second kappa shape index (κ2) is 4.60. The predicted molar refractivity (Wildman–Crippen MR) is 58.6 cm³/mol. The van der Waals surface area contributed by atoms with E-state index in [9.17, 15) is 18.0 Å². The summed E-state index contributed by atoms with van der Waals surface area (Å²) in [5.74, 6) is -1.98. The molecule has 6 heteroatoms. The molecule has 0 aromatic heterocycles. The summed E-state index contributed by atoms with van der Waals surface area (Å²) in [6.07, 6.45) is -3.19. The van der Waals surface area contributed by atoms with Gasteiger partial charge < -0.3 is 0 Å². The minimum absolute atomic E-state index is 0.101. The zero-order valence-corrected chi connectivity index (χ0v) is 9.59. The van der Waals surface area contributed by atoms with Crippen molar-refractivity contribution in [2.24, 2.45) is 4.36 Å². The van der Waals surface area contributed by atoms with Crippen molar-refractivity contribution < 1.29 is 18.0 Å². The Bertz CT molecular complexity index is 452. The average molecular weight is 261 g/mol. The van der Waals surface area contributed by atoms with Crippen LogP contribution in [0.2, 0.25) is 0 Å². The fourth-order valence-electron chi connectivity index (χ4n) is 1.31. The Morgan fingerprint density at radius 3 is 2.29 bits per heavy atom. The Morgan fingerprint density at radius 2 is 1.82 bits per heavy atom. The second-order valence-electron chi connectivity index (χ2n) is 3.72. The van der Waals surface area contributed by atoms with Gasteiger partial charge in [-0.3, -0.25) is 4.79 Å². The number of alkyl halides is 3. The molecule has 1 unspecified atom stereocenters. The summed E-state index contributed by atoms with van der Waals surface area (Å²) < 4.78 is 39.9. The molecule has 0 aliphatic heterocycles. The summed E-state index contributed by atoms with van der Waals surface area (Å²) in [5, 5.41) is 0.101. The van der Waals surface area contributed by atoms with E-state index in [4.69, 9.17) is 0 Å². The van der Waals surface area contributed by atoms with E-state index in [1.54, 1.807) is 30.3 Å². The number of halogens is 3. The molecule has 0 spiro atoms. The Morgan fingerprint density at radius 1 is 1.24 bits per heavy atom. The lowest BCUT2D eigenvalue weighted by Gasteiger charge is -2.07. The highest BCUT2D eigenvalue weighted by molar-refractivity contribution is 7.88. The molecule has 1 saturated carbocycles. The number of carbonyl (C=O) groups excluding carboxylic acids is 1. The molecule has 1 aromatic carbocycles. The molecule has 0 saturated heterocycles. The molecule has 1 atom stereocenters. The van der Waals surface area contributed by atoms with Gasteiger partial charge in [-0.05, 0) is 25.0 Å². The number of carbonyl (C=O) groups is 1. The lowest BCUT2D eigenvalue weighted by atomic mass is 10.4. The minimum atomic E-state index is -4.87. The molecule has 1 aromatic rings. The van der Waals surface area contributed by atoms with Gasteiger partial charge in [0.1, 0.15) is 0 Å². The summed E-state index contributed by atoms with van der Waals surface area (Å²) in [4.78, 5) is 11.6. The summed E-state index contributed by atoms with van der Waals surface area (Å²) in [6.45, 7) is 0. The summed E-state index contributed by atoms with van der Waals surface area (Å²) in [6, 6.07) is 8.70. The van der Waals surface area contributed by atoms with Crippen LogP contribution in [0.4, 0.5) is 13.2 Å². The van der Waals surface area contributed by atoms with Gasteiger partial charge >= 0.3 is 12.1 Å². The molecule has 0 heterocycles. The number of amides is 1. The van der Waals surface area contributed by atoms with Crippen molar-refractivity contribution in [3.05, 3.63) is 30.3 Å². The summed E-state index contributed by atoms with van der Waals surface area (Å²) in [5.41, 5.74) is 0. The van der Waals surface area contributed by atoms with Crippen molar-refractivity contribution in [3.8, 4) is 0 Å². The fraction of sp³-hybridized carbons (Fsp3) is 0.364. The van der Waals surface area contributed by atoms with Crippen LogP contribution in [0.15, 0.2) is 39.6 Å². The smallest absolute Gasteiger partial charge is 0.261 e. The van der Waals surface area contributed by atoms with E-state index in [2.05, 4.69) is 4.36 Å². The third-order valence-electron chi connectivity index (χ3n) is 2.25. The van der Waals surface area contributed by atoms with E-state index >= 15 is 0 Å². The van der Waals surface area contributed by atoms with E-state index in [1.165, 1.54) is 0 Å². The van der Waals surface area contributed by atoms with Crippen LogP contribution in [0.3, 0.4) is 0 Å². The van der Waals surface area contributed by atoms with E-state index in [-0.39, 0.29) is 5.25 Å². The van der Waals surface area contributed by atoms with Crippen molar-refractivity contribution in [1.29, 1.82) is 0 Å². The Kier molecular flexibility index (Phi) is 3.33. The fourth-order valence-corrected chi connectivity index (χ4v) is 3.25. The molecule has 0 radical (unpaired) electrons. The van der Waals surface area contributed by atoms with Gasteiger partial charge in [0, 0.05) is 10.1 Å². The van der Waals surface area contributed by atoms with E-state index in [0.29, 0.717) is 4.90 Å². The molecule has 2 rings (SSSR count).